The van der Waals surface area contributed by atoms with Crippen molar-refractivity contribution in [3.05, 3.63) is 58.0 Å². The van der Waals surface area contributed by atoms with Gasteiger partial charge in [-0.1, -0.05) is 41.1 Å². The summed E-state index contributed by atoms with van der Waals surface area (Å²) in [5.74, 6) is 2.03. The highest BCUT2D eigenvalue weighted by atomic mass is 79.9. The van der Waals surface area contributed by atoms with Gasteiger partial charge in [-0.15, -0.1) is 0 Å². The van der Waals surface area contributed by atoms with E-state index in [2.05, 4.69) is 53.3 Å². The summed E-state index contributed by atoms with van der Waals surface area (Å²) in [6.45, 7) is 5.01. The number of nitrogens with one attached hydrogen (secondary N) is 1. The van der Waals surface area contributed by atoms with Crippen LogP contribution in [0, 0.1) is 0 Å². The zero-order valence-corrected chi connectivity index (χ0v) is 12.3. The maximum absolute atomic E-state index is 5.68. The first-order valence-electron chi connectivity index (χ1n) is 6.26. The number of rotatable bonds is 5. The summed E-state index contributed by atoms with van der Waals surface area (Å²) < 4.78 is 6.81. The van der Waals surface area contributed by atoms with Crippen LogP contribution >= 0.6 is 15.9 Å². The number of aryl methyl sites for hydroxylation is 1. The minimum Gasteiger partial charge on any atom is -0.465 e. The van der Waals surface area contributed by atoms with Crippen molar-refractivity contribution >= 4 is 15.9 Å². The highest BCUT2D eigenvalue weighted by Crippen LogP contribution is 2.23. The van der Waals surface area contributed by atoms with Crippen molar-refractivity contribution in [1.29, 1.82) is 0 Å². The third-order valence-corrected chi connectivity index (χ3v) is 3.74. The fraction of sp³-hybridized carbons (Fsp3) is 0.333. The summed E-state index contributed by atoms with van der Waals surface area (Å²) >= 11 is 3.57. The molecule has 1 aromatic heterocycles. The Labute approximate surface area is 117 Å². The van der Waals surface area contributed by atoms with E-state index in [1.54, 1.807) is 0 Å². The predicted octanol–water partition coefficient (Wildman–Crippen LogP) is 4.46. The van der Waals surface area contributed by atoms with Crippen LogP contribution in [0.4, 0.5) is 0 Å². The van der Waals surface area contributed by atoms with Crippen LogP contribution in [0.5, 0.6) is 0 Å². The fourth-order valence-corrected chi connectivity index (χ4v) is 2.53. The van der Waals surface area contributed by atoms with Crippen LogP contribution in [-0.4, -0.2) is 0 Å². The Morgan fingerprint density at radius 3 is 2.56 bits per heavy atom. The molecule has 0 radical (unpaired) electrons. The van der Waals surface area contributed by atoms with Crippen LogP contribution in [-0.2, 0) is 13.0 Å². The van der Waals surface area contributed by atoms with Gasteiger partial charge in [-0.25, -0.2) is 0 Å². The minimum atomic E-state index is 0.288. The Balaban J connectivity index is 1.96. The molecule has 2 rings (SSSR count). The molecule has 96 valence electrons. The smallest absolute Gasteiger partial charge is 0.117 e. The average molecular weight is 308 g/mol. The van der Waals surface area contributed by atoms with Crippen molar-refractivity contribution in [1.82, 2.24) is 5.32 Å². The molecule has 2 aromatic rings. The summed E-state index contributed by atoms with van der Waals surface area (Å²) in [7, 11) is 0. The molecule has 0 fully saturated rings. The van der Waals surface area contributed by atoms with E-state index in [0.29, 0.717) is 0 Å². The molecule has 1 heterocycles. The molecule has 1 aromatic carbocycles. The number of benzene rings is 1. The lowest BCUT2D eigenvalue weighted by molar-refractivity contribution is 0.435. The van der Waals surface area contributed by atoms with Gasteiger partial charge < -0.3 is 9.73 Å². The van der Waals surface area contributed by atoms with E-state index in [0.717, 1.165) is 29.0 Å². The maximum Gasteiger partial charge on any atom is 0.117 e. The van der Waals surface area contributed by atoms with E-state index >= 15 is 0 Å². The van der Waals surface area contributed by atoms with E-state index in [1.165, 1.54) is 5.56 Å². The standard InChI is InChI=1S/C15H18BrNO/c1-3-12-8-9-13(18-12)10-17-11(2)14-6-4-5-7-15(14)16/h4-9,11,17H,3,10H2,1-2H3. The van der Waals surface area contributed by atoms with Gasteiger partial charge in [0.15, 0.2) is 0 Å². The minimum absolute atomic E-state index is 0.288. The molecule has 1 N–H and O–H groups in total. The van der Waals surface area contributed by atoms with E-state index in [1.807, 2.05) is 18.2 Å². The Kier molecular flexibility index (Phi) is 4.61. The second-order valence-electron chi connectivity index (χ2n) is 4.35. The highest BCUT2D eigenvalue weighted by molar-refractivity contribution is 9.10. The summed E-state index contributed by atoms with van der Waals surface area (Å²) in [5.41, 5.74) is 1.26. The Morgan fingerprint density at radius 2 is 1.89 bits per heavy atom. The van der Waals surface area contributed by atoms with E-state index in [4.69, 9.17) is 4.42 Å². The SMILES string of the molecule is CCc1ccc(CNC(C)c2ccccc2Br)o1. The van der Waals surface area contributed by atoms with Crippen molar-refractivity contribution in [3.8, 4) is 0 Å². The molecule has 0 aliphatic carbocycles. The summed E-state index contributed by atoms with van der Waals surface area (Å²) in [6.07, 6.45) is 0.944. The molecule has 3 heteroatoms. The molecular weight excluding hydrogens is 290 g/mol. The van der Waals surface area contributed by atoms with Crippen LogP contribution in [0.25, 0.3) is 0 Å². The van der Waals surface area contributed by atoms with Crippen molar-refractivity contribution in [3.63, 3.8) is 0 Å². The molecule has 0 aliphatic rings. The van der Waals surface area contributed by atoms with Crippen molar-refractivity contribution < 1.29 is 4.42 Å². The Hall–Kier alpha value is -1.06. The number of halogens is 1. The third-order valence-electron chi connectivity index (χ3n) is 3.02. The molecule has 0 saturated carbocycles. The fourth-order valence-electron chi connectivity index (χ4n) is 1.90. The second-order valence-corrected chi connectivity index (χ2v) is 5.20. The topological polar surface area (TPSA) is 25.2 Å². The van der Waals surface area contributed by atoms with Gasteiger partial charge in [-0.2, -0.15) is 0 Å². The van der Waals surface area contributed by atoms with Gasteiger partial charge in [0.1, 0.15) is 11.5 Å². The molecule has 0 bridgehead atoms. The zero-order valence-electron chi connectivity index (χ0n) is 10.7. The quantitative estimate of drug-likeness (QED) is 0.882. The van der Waals surface area contributed by atoms with Gasteiger partial charge in [0.05, 0.1) is 6.54 Å². The Bertz CT molecular complexity index is 507. The van der Waals surface area contributed by atoms with Crippen molar-refractivity contribution in [2.75, 3.05) is 0 Å². The monoisotopic (exact) mass is 307 g/mol. The van der Waals surface area contributed by atoms with Crippen LogP contribution in [0.15, 0.2) is 45.3 Å². The van der Waals surface area contributed by atoms with E-state index in [9.17, 15) is 0 Å². The second kappa shape index (κ2) is 6.21. The molecule has 0 amide bonds. The summed E-state index contributed by atoms with van der Waals surface area (Å²) in [4.78, 5) is 0. The lowest BCUT2D eigenvalue weighted by atomic mass is 10.1. The van der Waals surface area contributed by atoms with E-state index in [-0.39, 0.29) is 6.04 Å². The van der Waals surface area contributed by atoms with Crippen LogP contribution in [0.1, 0.15) is 37.0 Å². The van der Waals surface area contributed by atoms with Crippen LogP contribution < -0.4 is 5.32 Å². The van der Waals surface area contributed by atoms with Gasteiger partial charge in [0, 0.05) is 16.9 Å². The zero-order chi connectivity index (χ0) is 13.0. The first-order valence-corrected chi connectivity index (χ1v) is 7.05. The molecule has 2 nitrogen and oxygen atoms in total. The van der Waals surface area contributed by atoms with Crippen LogP contribution in [0.3, 0.4) is 0 Å². The van der Waals surface area contributed by atoms with Crippen LogP contribution in [0.2, 0.25) is 0 Å². The molecule has 0 spiro atoms. The maximum atomic E-state index is 5.68. The Morgan fingerprint density at radius 1 is 1.17 bits per heavy atom. The number of hydrogen-bond acceptors (Lipinski definition) is 2. The van der Waals surface area contributed by atoms with Gasteiger partial charge in [0.2, 0.25) is 0 Å². The van der Waals surface area contributed by atoms with Gasteiger partial charge >= 0.3 is 0 Å². The predicted molar refractivity (Wildman–Crippen MR) is 77.5 cm³/mol. The summed E-state index contributed by atoms with van der Waals surface area (Å²) in [6, 6.07) is 12.6. The molecule has 18 heavy (non-hydrogen) atoms. The number of hydrogen-bond donors (Lipinski definition) is 1. The summed E-state index contributed by atoms with van der Waals surface area (Å²) in [5, 5.41) is 3.47. The average Bonchev–Trinajstić information content (AvgIpc) is 2.84. The molecule has 0 saturated heterocycles. The largest absolute Gasteiger partial charge is 0.465 e. The normalized spacial score (nSPS) is 12.6. The molecule has 0 aliphatic heterocycles. The number of furan rings is 1. The lowest BCUT2D eigenvalue weighted by Crippen LogP contribution is -2.18. The van der Waals surface area contributed by atoms with Gasteiger partial charge in [-0.05, 0) is 30.7 Å². The third kappa shape index (κ3) is 3.24. The van der Waals surface area contributed by atoms with Crippen molar-refractivity contribution in [2.24, 2.45) is 0 Å². The van der Waals surface area contributed by atoms with Gasteiger partial charge in [-0.3, -0.25) is 0 Å². The first kappa shape index (κ1) is 13.4. The molecular formula is C15H18BrNO. The molecule has 1 unspecified atom stereocenters. The first-order chi connectivity index (χ1) is 8.70. The lowest BCUT2D eigenvalue weighted by Gasteiger charge is -2.14. The molecule has 1 atom stereocenters. The highest BCUT2D eigenvalue weighted by Gasteiger charge is 2.09. The van der Waals surface area contributed by atoms with Crippen molar-refractivity contribution in [2.45, 2.75) is 32.9 Å². The van der Waals surface area contributed by atoms with Gasteiger partial charge in [0.25, 0.3) is 0 Å². The van der Waals surface area contributed by atoms with E-state index < -0.39 is 0 Å².